The van der Waals surface area contributed by atoms with Crippen LogP contribution in [0, 0.1) is 0 Å². The highest BCUT2D eigenvalue weighted by Gasteiger charge is 2.10. The topological polar surface area (TPSA) is 32.3 Å². The number of amides is 1. The van der Waals surface area contributed by atoms with Crippen LogP contribution in [-0.4, -0.2) is 23.9 Å². The van der Waals surface area contributed by atoms with Crippen molar-refractivity contribution in [3.05, 3.63) is 65.7 Å². The molecule has 0 aliphatic carbocycles. The van der Waals surface area contributed by atoms with Gasteiger partial charge in [-0.2, -0.15) is 0 Å². The molecule has 1 amide bonds. The van der Waals surface area contributed by atoms with Crippen molar-refractivity contribution in [1.29, 1.82) is 0 Å². The maximum Gasteiger partial charge on any atom is 0.255 e. The molecular weight excluding hydrogens is 296 g/mol. The molecule has 0 fully saturated rings. The van der Waals surface area contributed by atoms with Crippen LogP contribution in [0.1, 0.15) is 29.8 Å². The van der Waals surface area contributed by atoms with Crippen molar-refractivity contribution in [2.75, 3.05) is 18.4 Å². The molecule has 0 saturated heterocycles. The average molecular weight is 319 g/mol. The van der Waals surface area contributed by atoms with Crippen molar-refractivity contribution in [3.63, 3.8) is 0 Å². The summed E-state index contributed by atoms with van der Waals surface area (Å²) < 4.78 is 0. The van der Waals surface area contributed by atoms with Crippen molar-refractivity contribution < 1.29 is 4.79 Å². The lowest BCUT2D eigenvalue weighted by atomic mass is 10.1. The predicted molar refractivity (Wildman–Crippen MR) is 94.7 cm³/mol. The van der Waals surface area contributed by atoms with Crippen molar-refractivity contribution in [2.45, 2.75) is 20.4 Å². The van der Waals surface area contributed by atoms with Gasteiger partial charge < -0.3 is 5.32 Å². The van der Waals surface area contributed by atoms with Crippen molar-refractivity contribution >= 4 is 24.0 Å². The molecule has 0 bridgehead atoms. The first kappa shape index (κ1) is 18.2. The summed E-state index contributed by atoms with van der Waals surface area (Å²) >= 11 is 0. The Labute approximate surface area is 138 Å². The molecule has 1 N–H and O–H groups in total. The minimum Gasteiger partial charge on any atom is -0.322 e. The van der Waals surface area contributed by atoms with Gasteiger partial charge in [0.25, 0.3) is 5.91 Å². The number of para-hydroxylation sites is 1. The van der Waals surface area contributed by atoms with Crippen molar-refractivity contribution in [2.24, 2.45) is 0 Å². The largest absolute Gasteiger partial charge is 0.322 e. The summed E-state index contributed by atoms with van der Waals surface area (Å²) in [5.41, 5.74) is 2.71. The summed E-state index contributed by atoms with van der Waals surface area (Å²) in [6.07, 6.45) is 0. The van der Waals surface area contributed by atoms with E-state index in [9.17, 15) is 4.79 Å². The molecule has 22 heavy (non-hydrogen) atoms. The summed E-state index contributed by atoms with van der Waals surface area (Å²) in [6.45, 7) is 7.14. The number of halogens is 1. The van der Waals surface area contributed by atoms with E-state index in [1.807, 2.05) is 48.5 Å². The minimum atomic E-state index is -0.0670. The second-order valence-electron chi connectivity index (χ2n) is 4.94. The van der Waals surface area contributed by atoms with Crippen molar-refractivity contribution in [3.8, 4) is 0 Å². The van der Waals surface area contributed by atoms with Crippen LogP contribution in [0.4, 0.5) is 5.69 Å². The Morgan fingerprint density at radius 1 is 0.955 bits per heavy atom. The fourth-order valence-electron chi connectivity index (χ4n) is 2.25. The van der Waals surface area contributed by atoms with Gasteiger partial charge in [0.2, 0.25) is 0 Å². The van der Waals surface area contributed by atoms with Gasteiger partial charge in [-0.05, 0) is 36.9 Å². The maximum atomic E-state index is 12.3. The molecule has 118 valence electrons. The summed E-state index contributed by atoms with van der Waals surface area (Å²) in [5, 5.41) is 3.01. The van der Waals surface area contributed by atoms with E-state index in [0.717, 1.165) is 30.9 Å². The molecule has 0 radical (unpaired) electrons. The molecule has 0 aliphatic rings. The molecule has 2 aromatic carbocycles. The van der Waals surface area contributed by atoms with Gasteiger partial charge in [0.1, 0.15) is 0 Å². The first-order chi connectivity index (χ1) is 10.2. The molecule has 2 aromatic rings. The van der Waals surface area contributed by atoms with Gasteiger partial charge in [-0.3, -0.25) is 9.69 Å². The molecular formula is C18H23ClN2O. The smallest absolute Gasteiger partial charge is 0.255 e. The Balaban J connectivity index is 0.00000242. The fourth-order valence-corrected chi connectivity index (χ4v) is 2.25. The second-order valence-corrected chi connectivity index (χ2v) is 4.94. The molecule has 0 atom stereocenters. The Morgan fingerprint density at radius 3 is 2.18 bits per heavy atom. The van der Waals surface area contributed by atoms with E-state index in [1.54, 1.807) is 0 Å². The Morgan fingerprint density at radius 2 is 1.55 bits per heavy atom. The first-order valence-electron chi connectivity index (χ1n) is 7.41. The number of nitrogens with one attached hydrogen (secondary N) is 1. The minimum absolute atomic E-state index is 0. The van der Waals surface area contributed by atoms with Crippen LogP contribution in [0.5, 0.6) is 0 Å². The molecule has 0 unspecified atom stereocenters. The van der Waals surface area contributed by atoms with Crippen LogP contribution >= 0.6 is 12.4 Å². The van der Waals surface area contributed by atoms with Gasteiger partial charge in [0, 0.05) is 17.8 Å². The highest BCUT2D eigenvalue weighted by molar-refractivity contribution is 6.04. The number of nitrogens with zero attached hydrogens (tertiary/aromatic N) is 1. The predicted octanol–water partition coefficient (Wildman–Crippen LogP) is 4.20. The summed E-state index contributed by atoms with van der Waals surface area (Å²) in [4.78, 5) is 14.6. The van der Waals surface area contributed by atoms with Crippen LogP contribution in [0.25, 0.3) is 0 Å². The lowest BCUT2D eigenvalue weighted by Gasteiger charge is -2.20. The van der Waals surface area contributed by atoms with Crippen LogP contribution < -0.4 is 5.32 Å². The molecule has 0 aliphatic heterocycles. The van der Waals surface area contributed by atoms with Gasteiger partial charge in [0.15, 0.2) is 0 Å². The maximum absolute atomic E-state index is 12.3. The SMILES string of the molecule is CCN(CC)Cc1ccccc1NC(=O)c1ccccc1.Cl. The van der Waals surface area contributed by atoms with Crippen molar-refractivity contribution in [1.82, 2.24) is 4.90 Å². The fraction of sp³-hybridized carbons (Fsp3) is 0.278. The normalized spacial score (nSPS) is 10.1. The van der Waals surface area contributed by atoms with Gasteiger partial charge in [-0.25, -0.2) is 0 Å². The van der Waals surface area contributed by atoms with E-state index < -0.39 is 0 Å². The molecule has 4 heteroatoms. The second kappa shape index (κ2) is 9.23. The number of carbonyl (C=O) groups is 1. The zero-order valence-electron chi connectivity index (χ0n) is 13.1. The van der Waals surface area contributed by atoms with E-state index in [-0.39, 0.29) is 18.3 Å². The monoisotopic (exact) mass is 318 g/mol. The average Bonchev–Trinajstić information content (AvgIpc) is 2.54. The third-order valence-corrected chi connectivity index (χ3v) is 3.59. The molecule has 0 heterocycles. The molecule has 3 nitrogen and oxygen atoms in total. The Hall–Kier alpha value is -1.84. The van der Waals surface area contributed by atoms with E-state index in [4.69, 9.17) is 0 Å². The van der Waals surface area contributed by atoms with Gasteiger partial charge >= 0.3 is 0 Å². The number of rotatable bonds is 6. The van der Waals surface area contributed by atoms with Gasteiger partial charge in [-0.15, -0.1) is 12.4 Å². The highest BCUT2D eigenvalue weighted by Crippen LogP contribution is 2.18. The highest BCUT2D eigenvalue weighted by atomic mass is 35.5. The quantitative estimate of drug-likeness (QED) is 0.865. The van der Waals surface area contributed by atoms with Gasteiger partial charge in [-0.1, -0.05) is 50.2 Å². The zero-order valence-corrected chi connectivity index (χ0v) is 13.9. The lowest BCUT2D eigenvalue weighted by molar-refractivity contribution is 0.102. The standard InChI is InChI=1S/C18H22N2O.ClH/c1-3-20(4-2)14-16-12-8-9-13-17(16)19-18(21)15-10-6-5-7-11-15;/h5-13H,3-4,14H2,1-2H3,(H,19,21);1H. The van der Waals surface area contributed by atoms with Gasteiger partial charge in [0.05, 0.1) is 0 Å². The summed E-state index contributed by atoms with van der Waals surface area (Å²) in [7, 11) is 0. The number of hydrogen-bond acceptors (Lipinski definition) is 2. The van der Waals surface area contributed by atoms with Crippen LogP contribution in [0.3, 0.4) is 0 Å². The number of anilines is 1. The molecule has 2 rings (SSSR count). The van der Waals surface area contributed by atoms with E-state index in [0.29, 0.717) is 5.56 Å². The first-order valence-corrected chi connectivity index (χ1v) is 7.41. The summed E-state index contributed by atoms with van der Waals surface area (Å²) in [6, 6.07) is 17.3. The van der Waals surface area contributed by atoms with Crippen LogP contribution in [0.2, 0.25) is 0 Å². The number of benzene rings is 2. The van der Waals surface area contributed by atoms with E-state index in [2.05, 4.69) is 30.1 Å². The Kier molecular flexibility index (Phi) is 7.64. The molecule has 0 saturated carbocycles. The summed E-state index contributed by atoms with van der Waals surface area (Å²) in [5.74, 6) is -0.0670. The number of hydrogen-bond donors (Lipinski definition) is 1. The lowest BCUT2D eigenvalue weighted by Crippen LogP contribution is -2.23. The number of carbonyl (C=O) groups excluding carboxylic acids is 1. The van der Waals surface area contributed by atoms with E-state index in [1.165, 1.54) is 0 Å². The Bertz CT molecular complexity index is 583. The van der Waals surface area contributed by atoms with E-state index >= 15 is 0 Å². The molecule has 0 aromatic heterocycles. The van der Waals surface area contributed by atoms with Crippen LogP contribution in [-0.2, 0) is 6.54 Å². The van der Waals surface area contributed by atoms with Crippen LogP contribution in [0.15, 0.2) is 54.6 Å². The zero-order chi connectivity index (χ0) is 15.1. The third-order valence-electron chi connectivity index (χ3n) is 3.59. The third kappa shape index (κ3) is 4.86. The molecule has 0 spiro atoms.